The van der Waals surface area contributed by atoms with E-state index < -0.39 is 5.41 Å². The second-order valence-corrected chi connectivity index (χ2v) is 19.6. The fourth-order valence-electron chi connectivity index (χ4n) is 12.4. The highest BCUT2D eigenvalue weighted by atomic mass is 16.3. The number of rotatable bonds is 8. The van der Waals surface area contributed by atoms with E-state index in [1.165, 1.54) is 60.6 Å². The first kappa shape index (κ1) is 42.0. The van der Waals surface area contributed by atoms with Gasteiger partial charge in [0, 0.05) is 55.2 Å². The first-order valence-electron chi connectivity index (χ1n) is 25.5. The van der Waals surface area contributed by atoms with Crippen LogP contribution in [0.2, 0.25) is 0 Å². The number of nitrogens with zero attached hydrogens (tertiary/aromatic N) is 2. The van der Waals surface area contributed by atoms with Crippen molar-refractivity contribution in [3.63, 3.8) is 0 Å². The molecule has 0 aliphatic heterocycles. The molecule has 1 aliphatic rings. The monoisotopic (exact) mass is 942 g/mol. The van der Waals surface area contributed by atoms with Crippen LogP contribution in [0.1, 0.15) is 22.3 Å². The molecular weight excluding hydrogens is 897 g/mol. The zero-order chi connectivity index (χ0) is 48.7. The molecular formula is C71H46N2O. The van der Waals surface area contributed by atoms with E-state index >= 15 is 0 Å². The van der Waals surface area contributed by atoms with Crippen LogP contribution in [0.3, 0.4) is 0 Å². The maximum Gasteiger partial charge on any atom is 0.143 e. The number of anilines is 3. The average molecular weight is 943 g/mol. The van der Waals surface area contributed by atoms with Gasteiger partial charge < -0.3 is 13.9 Å². The fraction of sp³-hybridized carbons (Fsp3) is 0.0141. The van der Waals surface area contributed by atoms with Crippen molar-refractivity contribution in [1.29, 1.82) is 0 Å². The van der Waals surface area contributed by atoms with Crippen molar-refractivity contribution in [3.8, 4) is 39.1 Å². The van der Waals surface area contributed by atoms with Crippen LogP contribution in [-0.2, 0) is 5.41 Å². The van der Waals surface area contributed by atoms with Crippen LogP contribution in [0.25, 0.3) is 93.6 Å². The summed E-state index contributed by atoms with van der Waals surface area (Å²) in [5.74, 6) is 0. The predicted octanol–water partition coefficient (Wildman–Crippen LogP) is 19.0. The van der Waals surface area contributed by atoms with Gasteiger partial charge in [0.05, 0.1) is 16.4 Å². The Morgan fingerprint density at radius 1 is 0.311 bits per heavy atom. The molecule has 346 valence electrons. The lowest BCUT2D eigenvalue weighted by atomic mass is 9.67. The fourth-order valence-corrected chi connectivity index (χ4v) is 12.4. The summed E-state index contributed by atoms with van der Waals surface area (Å²) < 4.78 is 9.21. The number of hydrogen-bond acceptors (Lipinski definition) is 2. The first-order valence-corrected chi connectivity index (χ1v) is 25.5. The largest absolute Gasteiger partial charge is 0.455 e. The third-order valence-corrected chi connectivity index (χ3v) is 15.7. The van der Waals surface area contributed by atoms with Gasteiger partial charge in [-0.25, -0.2) is 0 Å². The zero-order valence-electron chi connectivity index (χ0n) is 40.4. The molecule has 12 aromatic carbocycles. The Morgan fingerprint density at radius 3 is 1.61 bits per heavy atom. The Bertz CT molecular complexity index is 4420. The van der Waals surface area contributed by atoms with Crippen molar-refractivity contribution < 1.29 is 4.42 Å². The molecule has 2 heterocycles. The van der Waals surface area contributed by atoms with E-state index in [4.69, 9.17) is 4.42 Å². The minimum atomic E-state index is -0.474. The Balaban J connectivity index is 0.877. The predicted molar refractivity (Wildman–Crippen MR) is 308 cm³/mol. The topological polar surface area (TPSA) is 21.3 Å². The molecule has 0 saturated carbocycles. The second-order valence-electron chi connectivity index (χ2n) is 19.6. The summed E-state index contributed by atoms with van der Waals surface area (Å²) >= 11 is 0. The van der Waals surface area contributed by atoms with Gasteiger partial charge in [-0.15, -0.1) is 0 Å². The number of benzene rings is 12. The molecule has 1 aliphatic carbocycles. The minimum absolute atomic E-state index is 0.474. The summed E-state index contributed by atoms with van der Waals surface area (Å²) in [7, 11) is 0. The van der Waals surface area contributed by atoms with Gasteiger partial charge in [-0.1, -0.05) is 212 Å². The van der Waals surface area contributed by atoms with E-state index in [9.17, 15) is 0 Å². The highest BCUT2D eigenvalue weighted by Crippen LogP contribution is 2.57. The smallest absolute Gasteiger partial charge is 0.143 e. The SMILES string of the molecule is c1ccc(-n2c3ccccc3c3ccc(N(c4ccc(-c5ccc6c(c5)C(c5ccccc5)(c5ccccc5)c5ccccc5-6)cc4)c4ccc(-c5cccc6c5oc5c7ccccc7ccc65)cc4)cc32)cc1. The molecule has 15 rings (SSSR count). The Hall–Kier alpha value is -9.70. The van der Waals surface area contributed by atoms with Crippen molar-refractivity contribution in [3.05, 3.63) is 301 Å². The van der Waals surface area contributed by atoms with Crippen molar-refractivity contribution in [1.82, 2.24) is 4.57 Å². The molecule has 0 saturated heterocycles. The number of fused-ring (bicyclic) bond motifs is 11. The lowest BCUT2D eigenvalue weighted by Gasteiger charge is -2.34. The quantitative estimate of drug-likeness (QED) is 0.151. The molecule has 0 atom stereocenters. The molecule has 3 nitrogen and oxygen atoms in total. The highest BCUT2D eigenvalue weighted by Gasteiger charge is 2.46. The molecule has 3 heteroatoms. The van der Waals surface area contributed by atoms with E-state index in [-0.39, 0.29) is 0 Å². The Labute approximate surface area is 429 Å². The normalized spacial score (nSPS) is 12.7. The van der Waals surface area contributed by atoms with Gasteiger partial charge in [0.15, 0.2) is 0 Å². The van der Waals surface area contributed by atoms with E-state index in [0.717, 1.165) is 72.3 Å². The van der Waals surface area contributed by atoms with Gasteiger partial charge in [0.25, 0.3) is 0 Å². The summed E-state index contributed by atoms with van der Waals surface area (Å²) in [5.41, 5.74) is 20.2. The Morgan fingerprint density at radius 2 is 0.851 bits per heavy atom. The van der Waals surface area contributed by atoms with Gasteiger partial charge >= 0.3 is 0 Å². The third-order valence-electron chi connectivity index (χ3n) is 15.7. The van der Waals surface area contributed by atoms with Crippen LogP contribution in [0.15, 0.2) is 283 Å². The molecule has 0 fully saturated rings. The molecule has 2 aromatic heterocycles. The first-order chi connectivity index (χ1) is 36.7. The maximum atomic E-state index is 6.81. The second kappa shape index (κ2) is 16.7. The summed E-state index contributed by atoms with van der Waals surface area (Å²) in [6, 6.07) is 102. The van der Waals surface area contributed by atoms with E-state index in [2.05, 4.69) is 289 Å². The van der Waals surface area contributed by atoms with Gasteiger partial charge in [0.1, 0.15) is 11.2 Å². The van der Waals surface area contributed by atoms with Crippen LogP contribution in [0.4, 0.5) is 17.1 Å². The van der Waals surface area contributed by atoms with Gasteiger partial charge in [-0.2, -0.15) is 0 Å². The highest BCUT2D eigenvalue weighted by molar-refractivity contribution is 6.17. The Kier molecular flexibility index (Phi) is 9.48. The minimum Gasteiger partial charge on any atom is -0.455 e. The molecule has 74 heavy (non-hydrogen) atoms. The molecule has 0 unspecified atom stereocenters. The van der Waals surface area contributed by atoms with E-state index in [1.54, 1.807) is 0 Å². The van der Waals surface area contributed by atoms with Crippen molar-refractivity contribution in [2.75, 3.05) is 4.90 Å². The van der Waals surface area contributed by atoms with E-state index in [1.807, 2.05) is 0 Å². The van der Waals surface area contributed by atoms with Crippen LogP contribution in [-0.4, -0.2) is 4.57 Å². The molecule has 0 radical (unpaired) electrons. The van der Waals surface area contributed by atoms with E-state index in [0.29, 0.717) is 0 Å². The zero-order valence-corrected chi connectivity index (χ0v) is 40.4. The van der Waals surface area contributed by atoms with Crippen molar-refractivity contribution in [2.45, 2.75) is 5.41 Å². The molecule has 14 aromatic rings. The third kappa shape index (κ3) is 6.33. The summed E-state index contributed by atoms with van der Waals surface area (Å²) in [6.45, 7) is 0. The van der Waals surface area contributed by atoms with Gasteiger partial charge in [0.2, 0.25) is 0 Å². The van der Waals surface area contributed by atoms with Gasteiger partial charge in [-0.05, 0) is 122 Å². The number of para-hydroxylation sites is 3. The molecule has 0 amide bonds. The molecule has 0 N–H and O–H groups in total. The van der Waals surface area contributed by atoms with Crippen LogP contribution >= 0.6 is 0 Å². The lowest BCUT2D eigenvalue weighted by molar-refractivity contribution is 0.674. The standard InChI is InChI=1S/C71H46N2O/c1-4-18-51(19-5-1)71(52-20-6-2-7-21-52)65-29-14-12-25-59(65)60-42-36-50(45-66(60)71)47-31-37-54(38-32-47)72(56-41-44-62-61-26-13-15-30-67(61)73(68(62)46-56)53-22-8-3-9-23-53)55-39-33-49(34-40-55)58-27-16-28-63-64-43-35-48-17-10-11-24-57(48)70(64)74-69(58)63/h1-46H. The molecule has 0 spiro atoms. The number of furan rings is 1. The van der Waals surface area contributed by atoms with Crippen LogP contribution < -0.4 is 4.90 Å². The summed E-state index contributed by atoms with van der Waals surface area (Å²) in [5, 5.41) is 6.99. The lowest BCUT2D eigenvalue weighted by Crippen LogP contribution is -2.28. The van der Waals surface area contributed by atoms with Crippen LogP contribution in [0.5, 0.6) is 0 Å². The van der Waals surface area contributed by atoms with Crippen LogP contribution in [0, 0.1) is 0 Å². The average Bonchev–Trinajstić information content (AvgIpc) is 4.13. The molecule has 0 bridgehead atoms. The van der Waals surface area contributed by atoms with Crippen molar-refractivity contribution >= 4 is 71.6 Å². The summed E-state index contributed by atoms with van der Waals surface area (Å²) in [6.07, 6.45) is 0. The summed E-state index contributed by atoms with van der Waals surface area (Å²) in [4.78, 5) is 2.39. The maximum absolute atomic E-state index is 6.81. The van der Waals surface area contributed by atoms with Gasteiger partial charge in [-0.3, -0.25) is 0 Å². The number of hydrogen-bond donors (Lipinski definition) is 0. The van der Waals surface area contributed by atoms with Crippen molar-refractivity contribution in [2.24, 2.45) is 0 Å². The number of aromatic nitrogens is 1.